The quantitative estimate of drug-likeness (QED) is 0.460. The minimum atomic E-state index is -0.493. The van der Waals surface area contributed by atoms with Crippen LogP contribution in [0.15, 0.2) is 48.5 Å². The van der Waals surface area contributed by atoms with E-state index in [1.807, 2.05) is 31.2 Å². The molecule has 1 saturated heterocycles. The van der Waals surface area contributed by atoms with Gasteiger partial charge in [-0.05, 0) is 55.8 Å². The molecule has 2 heterocycles. The summed E-state index contributed by atoms with van der Waals surface area (Å²) in [5, 5.41) is 16.0. The van der Waals surface area contributed by atoms with Gasteiger partial charge in [0, 0.05) is 24.3 Å². The summed E-state index contributed by atoms with van der Waals surface area (Å²) in [6, 6.07) is 13.8. The number of aromatic nitrogens is 3. The van der Waals surface area contributed by atoms with Gasteiger partial charge < -0.3 is 16.0 Å². The minimum Gasteiger partial charge on any atom is -0.329 e. The van der Waals surface area contributed by atoms with E-state index in [1.165, 1.54) is 0 Å². The molecule has 11 heteroatoms. The molecule has 0 aliphatic carbocycles. The van der Waals surface area contributed by atoms with Gasteiger partial charge in [0.25, 0.3) is 5.91 Å². The van der Waals surface area contributed by atoms with Crippen LogP contribution < -0.4 is 16.0 Å². The highest BCUT2D eigenvalue weighted by atomic mass is 16.2. The Bertz CT molecular complexity index is 1250. The average molecular weight is 461 g/mol. The number of nitrogens with zero attached hydrogens (tertiary/aromatic N) is 4. The van der Waals surface area contributed by atoms with Crippen LogP contribution in [0.2, 0.25) is 0 Å². The van der Waals surface area contributed by atoms with E-state index in [-0.39, 0.29) is 37.0 Å². The fraction of sp³-hybridized carbons (Fsp3) is 0.217. The summed E-state index contributed by atoms with van der Waals surface area (Å²) in [5.74, 6) is -1.10. The molecule has 174 valence electrons. The largest absolute Gasteiger partial charge is 0.329 e. The monoisotopic (exact) mass is 461 g/mol. The molecule has 0 spiro atoms. The smallest absolute Gasteiger partial charge is 0.324 e. The number of urea groups is 1. The van der Waals surface area contributed by atoms with Gasteiger partial charge in [-0.25, -0.2) is 9.48 Å². The SMILES string of the molecule is Cc1cccc(-n2nnc(C(=O)Nc3ccc(NC(=O)CCN4C(=O)CNC4=O)cc3)c2C)c1. The summed E-state index contributed by atoms with van der Waals surface area (Å²) in [5.41, 5.74) is 3.74. The van der Waals surface area contributed by atoms with Crippen molar-refractivity contribution >= 4 is 35.1 Å². The lowest BCUT2D eigenvalue weighted by Crippen LogP contribution is -2.33. The average Bonchev–Trinajstić information content (AvgIpc) is 3.35. The van der Waals surface area contributed by atoms with E-state index in [0.29, 0.717) is 17.1 Å². The van der Waals surface area contributed by atoms with E-state index in [4.69, 9.17) is 0 Å². The van der Waals surface area contributed by atoms with Crippen molar-refractivity contribution in [1.82, 2.24) is 25.2 Å². The highest BCUT2D eigenvalue weighted by molar-refractivity contribution is 6.04. The van der Waals surface area contributed by atoms with E-state index in [1.54, 1.807) is 35.9 Å². The Morgan fingerprint density at radius 2 is 1.74 bits per heavy atom. The van der Waals surface area contributed by atoms with Crippen molar-refractivity contribution in [1.29, 1.82) is 0 Å². The van der Waals surface area contributed by atoms with E-state index in [9.17, 15) is 19.2 Å². The van der Waals surface area contributed by atoms with Crippen molar-refractivity contribution in [2.24, 2.45) is 0 Å². The second-order valence-corrected chi connectivity index (χ2v) is 7.81. The number of aryl methyl sites for hydroxylation is 1. The van der Waals surface area contributed by atoms with Crippen LogP contribution in [0.4, 0.5) is 16.2 Å². The first-order valence-electron chi connectivity index (χ1n) is 10.6. The number of nitrogens with one attached hydrogen (secondary N) is 3. The van der Waals surface area contributed by atoms with Crippen LogP contribution in [0.3, 0.4) is 0 Å². The lowest BCUT2D eigenvalue weighted by Gasteiger charge is -2.12. The zero-order valence-corrected chi connectivity index (χ0v) is 18.7. The Labute approximate surface area is 195 Å². The third-order valence-corrected chi connectivity index (χ3v) is 5.28. The lowest BCUT2D eigenvalue weighted by atomic mass is 10.2. The Kier molecular flexibility index (Phi) is 6.35. The number of carbonyl (C=O) groups is 4. The second-order valence-electron chi connectivity index (χ2n) is 7.81. The molecule has 0 atom stereocenters. The third-order valence-electron chi connectivity index (χ3n) is 5.28. The van der Waals surface area contributed by atoms with Gasteiger partial charge >= 0.3 is 6.03 Å². The number of imide groups is 1. The highest BCUT2D eigenvalue weighted by Gasteiger charge is 2.28. The molecule has 0 saturated carbocycles. The highest BCUT2D eigenvalue weighted by Crippen LogP contribution is 2.17. The van der Waals surface area contributed by atoms with E-state index >= 15 is 0 Å². The summed E-state index contributed by atoms with van der Waals surface area (Å²) in [6.07, 6.45) is -0.0203. The maximum atomic E-state index is 12.7. The number of carbonyl (C=O) groups excluding carboxylic acids is 4. The van der Waals surface area contributed by atoms with Crippen molar-refractivity contribution in [2.75, 3.05) is 23.7 Å². The first-order chi connectivity index (χ1) is 16.3. The van der Waals surface area contributed by atoms with Gasteiger partial charge in [0.1, 0.15) is 0 Å². The summed E-state index contributed by atoms with van der Waals surface area (Å²) < 4.78 is 1.61. The first-order valence-corrected chi connectivity index (χ1v) is 10.6. The summed E-state index contributed by atoms with van der Waals surface area (Å²) in [4.78, 5) is 48.9. The van der Waals surface area contributed by atoms with Gasteiger partial charge in [-0.15, -0.1) is 5.10 Å². The van der Waals surface area contributed by atoms with Gasteiger partial charge in [-0.2, -0.15) is 0 Å². The number of hydrogen-bond donors (Lipinski definition) is 3. The standard InChI is InChI=1S/C23H23N7O4/c1-14-4-3-5-18(12-14)30-15(2)21(27-28-30)22(33)26-17-8-6-16(7-9-17)25-19(31)10-11-29-20(32)13-24-23(29)34/h3-9,12H,10-11,13H2,1-2H3,(H,24,34)(H,25,31)(H,26,33). The lowest BCUT2D eigenvalue weighted by molar-refractivity contribution is -0.125. The predicted molar refractivity (Wildman–Crippen MR) is 124 cm³/mol. The summed E-state index contributed by atoms with van der Waals surface area (Å²) in [6.45, 7) is 3.71. The van der Waals surface area contributed by atoms with Crippen LogP contribution in [0.1, 0.15) is 28.2 Å². The maximum Gasteiger partial charge on any atom is 0.324 e. The van der Waals surface area contributed by atoms with Crippen molar-refractivity contribution in [3.8, 4) is 5.69 Å². The van der Waals surface area contributed by atoms with Gasteiger partial charge in [0.05, 0.1) is 17.9 Å². The van der Waals surface area contributed by atoms with Crippen LogP contribution in [-0.2, 0) is 9.59 Å². The summed E-state index contributed by atoms with van der Waals surface area (Å²) >= 11 is 0. The Morgan fingerprint density at radius 3 is 2.38 bits per heavy atom. The summed E-state index contributed by atoms with van der Waals surface area (Å²) in [7, 11) is 0. The van der Waals surface area contributed by atoms with Gasteiger partial charge in [0.15, 0.2) is 5.69 Å². The van der Waals surface area contributed by atoms with E-state index < -0.39 is 11.9 Å². The Morgan fingerprint density at radius 1 is 1.03 bits per heavy atom. The fourth-order valence-electron chi connectivity index (χ4n) is 3.49. The zero-order valence-electron chi connectivity index (χ0n) is 18.7. The number of rotatable bonds is 7. The van der Waals surface area contributed by atoms with Gasteiger partial charge in [-0.1, -0.05) is 17.3 Å². The zero-order chi connectivity index (χ0) is 24.2. The molecule has 4 rings (SSSR count). The first kappa shape index (κ1) is 22.6. The van der Waals surface area contributed by atoms with Crippen molar-refractivity contribution < 1.29 is 19.2 Å². The molecule has 3 aromatic rings. The topological polar surface area (TPSA) is 138 Å². The molecule has 0 bridgehead atoms. The Balaban J connectivity index is 1.34. The van der Waals surface area contributed by atoms with Crippen LogP contribution in [0.5, 0.6) is 0 Å². The van der Waals surface area contributed by atoms with Crippen molar-refractivity contribution in [2.45, 2.75) is 20.3 Å². The number of amides is 5. The molecule has 1 aliphatic heterocycles. The molecule has 5 amide bonds. The number of anilines is 2. The van der Waals surface area contributed by atoms with E-state index in [0.717, 1.165) is 16.2 Å². The predicted octanol–water partition coefficient (Wildman–Crippen LogP) is 2.02. The minimum absolute atomic E-state index is 0.00717. The molecule has 3 N–H and O–H groups in total. The second kappa shape index (κ2) is 9.53. The van der Waals surface area contributed by atoms with Crippen molar-refractivity contribution in [3.05, 3.63) is 65.5 Å². The molecule has 1 fully saturated rings. The molecule has 0 radical (unpaired) electrons. The van der Waals surface area contributed by atoms with Crippen LogP contribution in [0.25, 0.3) is 5.69 Å². The fourth-order valence-corrected chi connectivity index (χ4v) is 3.49. The Hall–Kier alpha value is -4.54. The number of benzene rings is 2. The number of hydrogen-bond acceptors (Lipinski definition) is 6. The molecular weight excluding hydrogens is 438 g/mol. The molecule has 2 aromatic carbocycles. The molecule has 1 aliphatic rings. The molecule has 11 nitrogen and oxygen atoms in total. The van der Waals surface area contributed by atoms with Crippen LogP contribution in [0, 0.1) is 13.8 Å². The maximum absolute atomic E-state index is 12.7. The molecular formula is C23H23N7O4. The van der Waals surface area contributed by atoms with Crippen molar-refractivity contribution in [3.63, 3.8) is 0 Å². The van der Waals surface area contributed by atoms with E-state index in [2.05, 4.69) is 26.3 Å². The normalized spacial score (nSPS) is 13.1. The third kappa shape index (κ3) is 4.93. The molecule has 34 heavy (non-hydrogen) atoms. The van der Waals surface area contributed by atoms with Crippen LogP contribution in [-0.4, -0.2) is 56.7 Å². The van der Waals surface area contributed by atoms with Crippen LogP contribution >= 0.6 is 0 Å². The molecule has 0 unspecified atom stereocenters. The molecule has 1 aromatic heterocycles. The van der Waals surface area contributed by atoms with Gasteiger partial charge in [0.2, 0.25) is 11.8 Å². The van der Waals surface area contributed by atoms with Gasteiger partial charge in [-0.3, -0.25) is 19.3 Å².